The topological polar surface area (TPSA) is 81.2 Å². The molecule has 0 unspecified atom stereocenters. The molecule has 1 aliphatic carbocycles. The molecule has 8 heteroatoms. The van der Waals surface area contributed by atoms with Gasteiger partial charge in [0.2, 0.25) is 5.91 Å². The average Bonchev–Trinajstić information content (AvgIpc) is 3.52. The van der Waals surface area contributed by atoms with E-state index in [9.17, 15) is 9.59 Å². The first-order chi connectivity index (χ1) is 14.0. The van der Waals surface area contributed by atoms with Crippen molar-refractivity contribution in [2.45, 2.75) is 37.6 Å². The molecule has 1 aromatic carbocycles. The largest absolute Gasteiger partial charge is 0.465 e. The van der Waals surface area contributed by atoms with Crippen molar-refractivity contribution in [3.63, 3.8) is 0 Å². The van der Waals surface area contributed by atoms with Gasteiger partial charge in [0.05, 0.1) is 24.1 Å². The normalized spacial score (nSPS) is 13.5. The van der Waals surface area contributed by atoms with Crippen LogP contribution in [-0.4, -0.2) is 34.7 Å². The molecule has 0 atom stereocenters. The molecule has 6 nitrogen and oxygen atoms in total. The van der Waals surface area contributed by atoms with Gasteiger partial charge >= 0.3 is 5.97 Å². The minimum Gasteiger partial charge on any atom is -0.465 e. The van der Waals surface area contributed by atoms with E-state index in [2.05, 4.69) is 19.2 Å². The van der Waals surface area contributed by atoms with E-state index in [0.717, 1.165) is 33.9 Å². The smallest absolute Gasteiger partial charge is 0.339 e. The fourth-order valence-corrected chi connectivity index (χ4v) is 5.05. The number of benzene rings is 1. The van der Waals surface area contributed by atoms with Gasteiger partial charge in [-0.3, -0.25) is 4.79 Å². The highest BCUT2D eigenvalue weighted by Crippen LogP contribution is 2.42. The van der Waals surface area contributed by atoms with E-state index in [1.165, 1.54) is 29.3 Å². The van der Waals surface area contributed by atoms with Crippen molar-refractivity contribution in [3.8, 4) is 0 Å². The zero-order valence-corrected chi connectivity index (χ0v) is 18.1. The first kappa shape index (κ1) is 19.8. The summed E-state index contributed by atoms with van der Waals surface area (Å²) in [5.41, 5.74) is 1.95. The molecule has 0 aliphatic heterocycles. The second kappa shape index (κ2) is 8.12. The molecule has 0 bridgehead atoms. The number of nitrogens with zero attached hydrogens (tertiary/aromatic N) is 2. The summed E-state index contributed by atoms with van der Waals surface area (Å²) >= 11 is 3.09. The third kappa shape index (κ3) is 4.13. The Bertz CT molecular complexity index is 1110. The van der Waals surface area contributed by atoms with E-state index < -0.39 is 5.97 Å². The Balaban J connectivity index is 1.54. The number of aryl methyl sites for hydroxylation is 2. The lowest BCUT2D eigenvalue weighted by Gasteiger charge is -2.10. The number of thiophene rings is 1. The number of fused-ring (bicyclic) bond motifs is 1. The minimum absolute atomic E-state index is 0.195. The molecule has 1 aliphatic rings. The van der Waals surface area contributed by atoms with Gasteiger partial charge in [0.1, 0.15) is 15.7 Å². The maximum absolute atomic E-state index is 12.6. The lowest BCUT2D eigenvalue weighted by atomic mass is 10.2. The molecule has 2 aromatic heterocycles. The van der Waals surface area contributed by atoms with Gasteiger partial charge in [0.15, 0.2) is 0 Å². The Kier molecular flexibility index (Phi) is 5.56. The summed E-state index contributed by atoms with van der Waals surface area (Å²) in [6, 6.07) is 6.81. The highest BCUT2D eigenvalue weighted by molar-refractivity contribution is 8.00. The zero-order chi connectivity index (χ0) is 20.5. The number of aromatic nitrogens is 2. The summed E-state index contributed by atoms with van der Waals surface area (Å²) in [7, 11) is 1.32. The number of hydrogen-bond acceptors (Lipinski definition) is 7. The lowest BCUT2D eigenvalue weighted by molar-refractivity contribution is -0.113. The fourth-order valence-electron chi connectivity index (χ4n) is 3.06. The molecule has 0 spiro atoms. The molecule has 1 fully saturated rings. The summed E-state index contributed by atoms with van der Waals surface area (Å²) < 4.78 is 4.78. The third-order valence-electron chi connectivity index (χ3n) is 4.90. The highest BCUT2D eigenvalue weighted by Gasteiger charge is 2.28. The average molecular weight is 428 g/mol. The molecular formula is C21H21N3O3S2. The second-order valence-corrected chi connectivity index (χ2v) is 9.17. The first-order valence-electron chi connectivity index (χ1n) is 9.35. The number of carbonyl (C=O) groups is 2. The van der Waals surface area contributed by atoms with Crippen molar-refractivity contribution in [2.24, 2.45) is 0 Å². The van der Waals surface area contributed by atoms with Crippen molar-refractivity contribution in [1.29, 1.82) is 0 Å². The molecule has 1 N–H and O–H groups in total. The quantitative estimate of drug-likeness (QED) is 0.349. The molecule has 0 saturated heterocycles. The third-order valence-corrected chi connectivity index (χ3v) is 6.98. The number of thioether (sulfide) groups is 1. The van der Waals surface area contributed by atoms with Crippen LogP contribution in [0.25, 0.3) is 10.2 Å². The first-order valence-corrected chi connectivity index (χ1v) is 11.2. The molecule has 150 valence electrons. The zero-order valence-electron chi connectivity index (χ0n) is 16.4. The molecule has 29 heavy (non-hydrogen) atoms. The SMILES string of the molecule is COC(=O)c1ccccc1NC(=O)CSc1nc(C2CC2)nc2sc(C)c(C)c12. The molecule has 1 amide bonds. The monoisotopic (exact) mass is 427 g/mol. The molecule has 2 heterocycles. The van der Waals surface area contributed by atoms with E-state index in [1.807, 2.05) is 0 Å². The van der Waals surface area contributed by atoms with Crippen molar-refractivity contribution in [2.75, 3.05) is 18.2 Å². The van der Waals surface area contributed by atoms with Gasteiger partial charge in [-0.1, -0.05) is 23.9 Å². The number of para-hydroxylation sites is 1. The Morgan fingerprint density at radius 2 is 2.00 bits per heavy atom. The van der Waals surface area contributed by atoms with Crippen LogP contribution < -0.4 is 5.32 Å². The Hall–Kier alpha value is -2.45. The van der Waals surface area contributed by atoms with Crippen molar-refractivity contribution < 1.29 is 14.3 Å². The van der Waals surface area contributed by atoms with Gasteiger partial charge in [-0.25, -0.2) is 14.8 Å². The number of anilines is 1. The van der Waals surface area contributed by atoms with Gasteiger partial charge in [-0.05, 0) is 44.4 Å². The van der Waals surface area contributed by atoms with Crippen molar-refractivity contribution in [3.05, 3.63) is 46.1 Å². The summed E-state index contributed by atoms with van der Waals surface area (Å²) in [6.45, 7) is 4.16. The molecule has 3 aromatic rings. The van der Waals surface area contributed by atoms with Crippen LogP contribution >= 0.6 is 23.1 Å². The van der Waals surface area contributed by atoms with Crippen LogP contribution in [0, 0.1) is 13.8 Å². The van der Waals surface area contributed by atoms with E-state index in [4.69, 9.17) is 14.7 Å². The van der Waals surface area contributed by atoms with Crippen LogP contribution in [0.1, 0.15) is 45.4 Å². The summed E-state index contributed by atoms with van der Waals surface area (Å²) in [5.74, 6) is 0.847. The fraction of sp³-hybridized carbons (Fsp3) is 0.333. The van der Waals surface area contributed by atoms with Gasteiger partial charge in [0, 0.05) is 16.2 Å². The number of methoxy groups -OCH3 is 1. The molecule has 0 radical (unpaired) electrons. The summed E-state index contributed by atoms with van der Waals surface area (Å²) in [6.07, 6.45) is 2.26. The number of hydrogen-bond donors (Lipinski definition) is 1. The number of ether oxygens (including phenoxy) is 1. The maximum atomic E-state index is 12.6. The van der Waals surface area contributed by atoms with Gasteiger partial charge in [0.25, 0.3) is 0 Å². The molecule has 4 rings (SSSR count). The maximum Gasteiger partial charge on any atom is 0.339 e. The van der Waals surface area contributed by atoms with Crippen molar-refractivity contribution in [1.82, 2.24) is 9.97 Å². The predicted octanol–water partition coefficient (Wildman–Crippen LogP) is 4.70. The Morgan fingerprint density at radius 3 is 2.72 bits per heavy atom. The number of nitrogens with one attached hydrogen (secondary N) is 1. The van der Waals surface area contributed by atoms with Crippen molar-refractivity contribution >= 4 is 50.9 Å². The van der Waals surface area contributed by atoms with Crippen LogP contribution in [0.15, 0.2) is 29.3 Å². The number of rotatable bonds is 6. The minimum atomic E-state index is -0.482. The van der Waals surface area contributed by atoms with Crippen LogP contribution in [0.5, 0.6) is 0 Å². The standard InChI is InChI=1S/C21H21N3O3S2/c1-11-12(2)29-20-17(11)19(23-18(24-20)13-8-9-13)28-10-16(25)22-15-7-5-4-6-14(15)21(26)27-3/h4-7,13H,8-10H2,1-3H3,(H,22,25). The van der Waals surface area contributed by atoms with Crippen LogP contribution in [-0.2, 0) is 9.53 Å². The van der Waals surface area contributed by atoms with E-state index in [-0.39, 0.29) is 11.7 Å². The number of carbonyl (C=O) groups excluding carboxylic acids is 2. The van der Waals surface area contributed by atoms with E-state index >= 15 is 0 Å². The predicted molar refractivity (Wildman–Crippen MR) is 116 cm³/mol. The van der Waals surface area contributed by atoms with Gasteiger partial charge in [-0.15, -0.1) is 11.3 Å². The van der Waals surface area contributed by atoms with Gasteiger partial charge in [-0.2, -0.15) is 0 Å². The Labute approximate surface area is 177 Å². The van der Waals surface area contributed by atoms with E-state index in [1.54, 1.807) is 35.6 Å². The van der Waals surface area contributed by atoms with Crippen LogP contribution in [0.4, 0.5) is 5.69 Å². The second-order valence-electron chi connectivity index (χ2n) is 7.00. The summed E-state index contributed by atoms with van der Waals surface area (Å²) in [4.78, 5) is 36.2. The molecular weight excluding hydrogens is 406 g/mol. The molecule has 1 saturated carbocycles. The van der Waals surface area contributed by atoms with Gasteiger partial charge < -0.3 is 10.1 Å². The van der Waals surface area contributed by atoms with E-state index in [0.29, 0.717) is 17.2 Å². The summed E-state index contributed by atoms with van der Waals surface area (Å²) in [5, 5.41) is 4.71. The Morgan fingerprint density at radius 1 is 1.24 bits per heavy atom. The number of amides is 1. The van der Waals surface area contributed by atoms with Crippen LogP contribution in [0.2, 0.25) is 0 Å². The number of esters is 1. The van der Waals surface area contributed by atoms with Crippen LogP contribution in [0.3, 0.4) is 0 Å². The lowest BCUT2D eigenvalue weighted by Crippen LogP contribution is -2.17. The highest BCUT2D eigenvalue weighted by atomic mass is 32.2.